The Kier molecular flexibility index (Phi) is 5.87. The maximum absolute atomic E-state index is 12.0. The van der Waals surface area contributed by atoms with Crippen LogP contribution in [0.4, 0.5) is 16.2 Å². The zero-order valence-corrected chi connectivity index (χ0v) is 11.4. The molecular weight excluding hydrogens is 278 g/mol. The van der Waals surface area contributed by atoms with E-state index in [4.69, 9.17) is 4.74 Å². The van der Waals surface area contributed by atoms with E-state index < -0.39 is 16.9 Å². The van der Waals surface area contributed by atoms with Gasteiger partial charge in [-0.2, -0.15) is 0 Å². The van der Waals surface area contributed by atoms with Crippen LogP contribution in [-0.2, 0) is 4.74 Å². The fourth-order valence-corrected chi connectivity index (χ4v) is 1.48. The van der Waals surface area contributed by atoms with Gasteiger partial charge >= 0.3 is 6.09 Å². The number of carbonyl (C=O) groups is 2. The Hall–Kier alpha value is -2.90. The number of nitrogens with zero attached hydrogens (tertiary/aromatic N) is 1. The van der Waals surface area contributed by atoms with Crippen molar-refractivity contribution in [2.24, 2.45) is 0 Å². The third kappa shape index (κ3) is 4.60. The molecule has 0 unspecified atom stereocenters. The molecule has 1 aromatic carbocycles. The summed E-state index contributed by atoms with van der Waals surface area (Å²) in [7, 11) is 0. The largest absolute Gasteiger partial charge is 0.450 e. The highest BCUT2D eigenvalue weighted by Crippen LogP contribution is 2.22. The molecule has 0 saturated carbocycles. The Morgan fingerprint density at radius 3 is 2.76 bits per heavy atom. The van der Waals surface area contributed by atoms with Crippen LogP contribution in [-0.4, -0.2) is 30.1 Å². The third-order valence-electron chi connectivity index (χ3n) is 2.38. The number of anilines is 1. The molecule has 0 aliphatic carbocycles. The van der Waals surface area contributed by atoms with Crippen molar-refractivity contribution in [1.29, 1.82) is 0 Å². The number of rotatable bonds is 6. The summed E-state index contributed by atoms with van der Waals surface area (Å²) in [4.78, 5) is 33.5. The first-order chi connectivity index (χ1) is 9.99. The molecule has 21 heavy (non-hydrogen) atoms. The molecule has 0 fully saturated rings. The molecule has 2 amide bonds. The number of nitro groups is 1. The van der Waals surface area contributed by atoms with E-state index in [2.05, 4.69) is 17.2 Å². The molecule has 0 spiro atoms. The van der Waals surface area contributed by atoms with E-state index in [1.54, 1.807) is 6.92 Å². The average Bonchev–Trinajstić information content (AvgIpc) is 2.45. The van der Waals surface area contributed by atoms with Crippen LogP contribution in [0, 0.1) is 10.1 Å². The zero-order chi connectivity index (χ0) is 15.8. The lowest BCUT2D eigenvalue weighted by Gasteiger charge is -2.10. The van der Waals surface area contributed by atoms with Crippen LogP contribution < -0.4 is 10.6 Å². The van der Waals surface area contributed by atoms with E-state index in [0.717, 1.165) is 6.07 Å². The van der Waals surface area contributed by atoms with Gasteiger partial charge < -0.3 is 10.1 Å². The number of non-ortho nitro benzene ring substituents is 1. The van der Waals surface area contributed by atoms with Crippen LogP contribution in [0.3, 0.4) is 0 Å². The number of ether oxygens (including phenoxy) is 1. The SMILES string of the molecule is C=CCNC(=O)c1cc([N+](=O)[O-])ccc1NC(=O)OCC. The molecule has 0 bridgehead atoms. The molecule has 112 valence electrons. The predicted octanol–water partition coefficient (Wildman–Crippen LogP) is 2.08. The maximum Gasteiger partial charge on any atom is 0.411 e. The maximum atomic E-state index is 12.0. The van der Waals surface area contributed by atoms with Gasteiger partial charge in [0.05, 0.1) is 22.8 Å². The van der Waals surface area contributed by atoms with Crippen LogP contribution in [0.2, 0.25) is 0 Å². The quantitative estimate of drug-likeness (QED) is 0.474. The highest BCUT2D eigenvalue weighted by atomic mass is 16.6. The van der Waals surface area contributed by atoms with Crippen molar-refractivity contribution in [2.75, 3.05) is 18.5 Å². The van der Waals surface area contributed by atoms with Crippen LogP contribution in [0.5, 0.6) is 0 Å². The van der Waals surface area contributed by atoms with Gasteiger partial charge in [0, 0.05) is 18.7 Å². The Balaban J connectivity index is 3.10. The Bertz CT molecular complexity index is 571. The normalized spacial score (nSPS) is 9.57. The van der Waals surface area contributed by atoms with Crippen molar-refractivity contribution < 1.29 is 19.2 Å². The second-order valence-electron chi connectivity index (χ2n) is 3.83. The van der Waals surface area contributed by atoms with Gasteiger partial charge in [0.25, 0.3) is 11.6 Å². The molecule has 8 heteroatoms. The van der Waals surface area contributed by atoms with Crippen molar-refractivity contribution in [2.45, 2.75) is 6.92 Å². The minimum absolute atomic E-state index is 0.0286. The molecule has 0 aliphatic heterocycles. The van der Waals surface area contributed by atoms with Crippen LogP contribution >= 0.6 is 0 Å². The first-order valence-corrected chi connectivity index (χ1v) is 6.10. The summed E-state index contributed by atoms with van der Waals surface area (Å²) < 4.78 is 4.71. The van der Waals surface area contributed by atoms with E-state index in [1.807, 2.05) is 0 Å². The van der Waals surface area contributed by atoms with E-state index in [1.165, 1.54) is 18.2 Å². The lowest BCUT2D eigenvalue weighted by atomic mass is 10.1. The highest BCUT2D eigenvalue weighted by Gasteiger charge is 2.18. The molecule has 1 rings (SSSR count). The summed E-state index contributed by atoms with van der Waals surface area (Å²) in [5.41, 5.74) is -0.159. The van der Waals surface area contributed by atoms with Gasteiger partial charge in [-0.1, -0.05) is 6.08 Å². The van der Waals surface area contributed by atoms with E-state index in [0.29, 0.717) is 0 Å². The van der Waals surface area contributed by atoms with Crippen LogP contribution in [0.25, 0.3) is 0 Å². The molecule has 0 aliphatic rings. The second-order valence-corrected chi connectivity index (χ2v) is 3.83. The number of hydrogen-bond acceptors (Lipinski definition) is 5. The Morgan fingerprint density at radius 2 is 2.19 bits per heavy atom. The third-order valence-corrected chi connectivity index (χ3v) is 2.38. The van der Waals surface area contributed by atoms with Crippen molar-refractivity contribution in [3.63, 3.8) is 0 Å². The summed E-state index contributed by atoms with van der Waals surface area (Å²) in [6.07, 6.45) is 0.720. The number of nitrogens with one attached hydrogen (secondary N) is 2. The second kappa shape index (κ2) is 7.63. The van der Waals surface area contributed by atoms with Gasteiger partial charge in [-0.25, -0.2) is 4.79 Å². The van der Waals surface area contributed by atoms with Crippen molar-refractivity contribution in [3.05, 3.63) is 46.5 Å². The lowest BCUT2D eigenvalue weighted by Crippen LogP contribution is -2.25. The van der Waals surface area contributed by atoms with Gasteiger partial charge in [-0.15, -0.1) is 6.58 Å². The molecule has 0 atom stereocenters. The van der Waals surface area contributed by atoms with Crippen molar-refractivity contribution >= 4 is 23.4 Å². The van der Waals surface area contributed by atoms with Crippen molar-refractivity contribution in [3.8, 4) is 0 Å². The molecule has 1 aromatic rings. The number of benzene rings is 1. The standard InChI is InChI=1S/C13H15N3O5/c1-3-7-14-12(17)10-8-9(16(19)20)5-6-11(10)15-13(18)21-4-2/h3,5-6,8H,1,4,7H2,2H3,(H,14,17)(H,15,18). The van der Waals surface area contributed by atoms with E-state index in [9.17, 15) is 19.7 Å². The number of amides is 2. The zero-order valence-electron chi connectivity index (χ0n) is 11.4. The fraction of sp³-hybridized carbons (Fsp3) is 0.231. The fourth-order valence-electron chi connectivity index (χ4n) is 1.48. The van der Waals surface area contributed by atoms with Gasteiger partial charge in [-0.05, 0) is 13.0 Å². The average molecular weight is 293 g/mol. The minimum Gasteiger partial charge on any atom is -0.450 e. The molecule has 2 N–H and O–H groups in total. The summed E-state index contributed by atoms with van der Waals surface area (Å²) in [5, 5.41) is 15.6. The lowest BCUT2D eigenvalue weighted by molar-refractivity contribution is -0.384. The Morgan fingerprint density at radius 1 is 1.48 bits per heavy atom. The van der Waals surface area contributed by atoms with Gasteiger partial charge in [-0.3, -0.25) is 20.2 Å². The first-order valence-electron chi connectivity index (χ1n) is 6.10. The van der Waals surface area contributed by atoms with E-state index in [-0.39, 0.29) is 30.1 Å². The number of carbonyl (C=O) groups excluding carboxylic acids is 2. The molecular formula is C13H15N3O5. The predicted molar refractivity (Wildman–Crippen MR) is 76.3 cm³/mol. The van der Waals surface area contributed by atoms with E-state index >= 15 is 0 Å². The van der Waals surface area contributed by atoms with Gasteiger partial charge in [0.15, 0.2) is 0 Å². The smallest absolute Gasteiger partial charge is 0.411 e. The Labute approximate surface area is 120 Å². The highest BCUT2D eigenvalue weighted by molar-refractivity contribution is 6.03. The van der Waals surface area contributed by atoms with Crippen LogP contribution in [0.1, 0.15) is 17.3 Å². The molecule has 0 aromatic heterocycles. The summed E-state index contributed by atoms with van der Waals surface area (Å²) >= 11 is 0. The molecule has 0 saturated heterocycles. The van der Waals surface area contributed by atoms with Gasteiger partial charge in [0.2, 0.25) is 0 Å². The molecule has 8 nitrogen and oxygen atoms in total. The summed E-state index contributed by atoms with van der Waals surface area (Å²) in [6.45, 7) is 5.44. The van der Waals surface area contributed by atoms with Crippen molar-refractivity contribution in [1.82, 2.24) is 5.32 Å². The van der Waals surface area contributed by atoms with Crippen LogP contribution in [0.15, 0.2) is 30.9 Å². The monoisotopic (exact) mass is 293 g/mol. The summed E-state index contributed by atoms with van der Waals surface area (Å²) in [5.74, 6) is -0.564. The molecule has 0 radical (unpaired) electrons. The number of hydrogen-bond donors (Lipinski definition) is 2. The minimum atomic E-state index is -0.746. The summed E-state index contributed by atoms with van der Waals surface area (Å²) in [6, 6.07) is 3.55. The van der Waals surface area contributed by atoms with Gasteiger partial charge in [0.1, 0.15) is 0 Å². The first kappa shape index (κ1) is 16.2. The topological polar surface area (TPSA) is 111 Å². The number of nitro benzene ring substituents is 1. The molecule has 0 heterocycles.